The van der Waals surface area contributed by atoms with Gasteiger partial charge in [-0.15, -0.1) is 0 Å². The van der Waals surface area contributed by atoms with Crippen LogP contribution in [0.2, 0.25) is 0 Å². The summed E-state index contributed by atoms with van der Waals surface area (Å²) in [5, 5.41) is 38.6. The van der Waals surface area contributed by atoms with Crippen molar-refractivity contribution < 1.29 is 36.5 Å². The minimum atomic E-state index is -4.77. The Hall–Kier alpha value is -3.16. The highest BCUT2D eigenvalue weighted by Gasteiger charge is 2.51. The topological polar surface area (TPSA) is 135 Å². The Labute approximate surface area is 187 Å². The molecule has 12 heteroatoms. The Morgan fingerprint density at radius 1 is 1.21 bits per heavy atom. The first-order chi connectivity index (χ1) is 15.4. The highest BCUT2D eigenvalue weighted by atomic mass is 32.2. The summed E-state index contributed by atoms with van der Waals surface area (Å²) in [5.41, 5.74) is -3.28. The minimum absolute atomic E-state index is 0.0947. The highest BCUT2D eigenvalue weighted by Crippen LogP contribution is 2.35. The molecule has 0 saturated carbocycles. The first kappa shape index (κ1) is 24.5. The van der Waals surface area contributed by atoms with Crippen molar-refractivity contribution in [3.05, 3.63) is 59.2 Å². The van der Waals surface area contributed by atoms with Gasteiger partial charge in [-0.2, -0.15) is 28.0 Å². The largest absolute Gasteiger partial charge is 0.486 e. The van der Waals surface area contributed by atoms with Crippen molar-refractivity contribution in [1.29, 1.82) is 10.5 Å². The summed E-state index contributed by atoms with van der Waals surface area (Å²) in [5.74, 6) is 0.228. The zero-order valence-electron chi connectivity index (χ0n) is 17.0. The number of hydrogen-bond donors (Lipinski definition) is 2. The smallest absolute Gasteiger partial charge is 0.416 e. The number of nitrogens with zero attached hydrogens (tertiary/aromatic N) is 3. The van der Waals surface area contributed by atoms with Crippen molar-refractivity contribution in [3.8, 4) is 17.9 Å². The SMILES string of the molecule is N#CCc1cccc(OC2CN(S(=O)(=O)c3ccc(C(F)(F)F)cc3C#N)C[C@@]2(O)CO)c1. The second kappa shape index (κ2) is 9.00. The third kappa shape index (κ3) is 4.94. The first-order valence-corrected chi connectivity index (χ1v) is 11.0. The molecule has 0 bridgehead atoms. The fourth-order valence-electron chi connectivity index (χ4n) is 3.45. The van der Waals surface area contributed by atoms with Gasteiger partial charge >= 0.3 is 6.18 Å². The van der Waals surface area contributed by atoms with E-state index >= 15 is 0 Å². The molecule has 0 aliphatic carbocycles. The molecule has 1 aliphatic rings. The fourth-order valence-corrected chi connectivity index (χ4v) is 5.08. The number of nitriles is 2. The zero-order chi connectivity index (χ0) is 24.4. The van der Waals surface area contributed by atoms with Gasteiger partial charge < -0.3 is 14.9 Å². The number of alkyl halides is 3. The summed E-state index contributed by atoms with van der Waals surface area (Å²) < 4.78 is 71.6. The molecule has 0 spiro atoms. The van der Waals surface area contributed by atoms with Gasteiger partial charge in [-0.1, -0.05) is 12.1 Å². The van der Waals surface area contributed by atoms with E-state index in [1.165, 1.54) is 18.2 Å². The number of sulfonamides is 1. The molecule has 0 radical (unpaired) electrons. The maximum Gasteiger partial charge on any atom is 0.416 e. The third-order valence-corrected chi connectivity index (χ3v) is 7.07. The molecule has 3 rings (SSSR count). The van der Waals surface area contributed by atoms with Crippen molar-refractivity contribution in [2.45, 2.75) is 29.2 Å². The standard InChI is InChI=1S/C21H18F3N3O5S/c22-21(23,24)16-4-5-18(15(9-16)10-26)33(30,31)27-11-19(20(29,12-27)13-28)32-17-3-1-2-14(8-17)6-7-25/h1-5,8-9,19,28-29H,6,11-13H2/t19?,20-/m1/s1. The highest BCUT2D eigenvalue weighted by molar-refractivity contribution is 7.89. The van der Waals surface area contributed by atoms with Crippen LogP contribution in [0.5, 0.6) is 5.75 Å². The van der Waals surface area contributed by atoms with Gasteiger partial charge in [0.25, 0.3) is 0 Å². The molecule has 2 aromatic rings. The van der Waals surface area contributed by atoms with Crippen molar-refractivity contribution in [1.82, 2.24) is 4.31 Å². The quantitative estimate of drug-likeness (QED) is 0.643. The lowest BCUT2D eigenvalue weighted by Crippen LogP contribution is -2.48. The number of halogens is 3. The van der Waals surface area contributed by atoms with Gasteiger partial charge in [0.05, 0.1) is 41.7 Å². The Morgan fingerprint density at radius 3 is 2.55 bits per heavy atom. The van der Waals surface area contributed by atoms with E-state index in [0.717, 1.165) is 4.31 Å². The first-order valence-electron chi connectivity index (χ1n) is 9.52. The van der Waals surface area contributed by atoms with Gasteiger partial charge in [-0.25, -0.2) is 8.42 Å². The monoisotopic (exact) mass is 481 g/mol. The number of benzene rings is 2. The number of hydrogen-bond acceptors (Lipinski definition) is 7. The predicted molar refractivity (Wildman–Crippen MR) is 107 cm³/mol. The molecule has 1 aliphatic heterocycles. The average molecular weight is 481 g/mol. The number of aliphatic hydroxyl groups is 2. The number of β-amino-alcohol motifs (C(OH)–C–C–N with tert-alkyl or cyclic N) is 1. The van der Waals surface area contributed by atoms with Gasteiger partial charge in [0.15, 0.2) is 0 Å². The Morgan fingerprint density at radius 2 is 1.94 bits per heavy atom. The summed E-state index contributed by atoms with van der Waals surface area (Å²) >= 11 is 0. The number of aliphatic hydroxyl groups excluding tert-OH is 1. The van der Waals surface area contributed by atoms with Crippen LogP contribution in [-0.4, -0.2) is 54.3 Å². The van der Waals surface area contributed by atoms with E-state index in [1.807, 2.05) is 6.07 Å². The average Bonchev–Trinajstić information content (AvgIpc) is 3.10. The maximum atomic E-state index is 13.1. The van der Waals surface area contributed by atoms with Crippen LogP contribution in [0, 0.1) is 22.7 Å². The van der Waals surface area contributed by atoms with Crippen LogP contribution in [0.4, 0.5) is 13.2 Å². The van der Waals surface area contributed by atoms with E-state index in [0.29, 0.717) is 23.8 Å². The van der Waals surface area contributed by atoms with Gasteiger partial charge in [0.2, 0.25) is 10.0 Å². The Bertz CT molecular complexity index is 1240. The van der Waals surface area contributed by atoms with Crippen molar-refractivity contribution >= 4 is 10.0 Å². The van der Waals surface area contributed by atoms with E-state index in [-0.39, 0.29) is 12.2 Å². The molecule has 1 saturated heterocycles. The van der Waals surface area contributed by atoms with Crippen molar-refractivity contribution in [2.24, 2.45) is 0 Å². The van der Waals surface area contributed by atoms with Crippen LogP contribution in [0.25, 0.3) is 0 Å². The summed E-state index contributed by atoms with van der Waals surface area (Å²) in [6.07, 6.45) is -5.90. The zero-order valence-corrected chi connectivity index (χ0v) is 17.8. The van der Waals surface area contributed by atoms with Crippen LogP contribution in [0.15, 0.2) is 47.4 Å². The van der Waals surface area contributed by atoms with Gasteiger partial charge in [-0.3, -0.25) is 0 Å². The minimum Gasteiger partial charge on any atom is -0.486 e. The van der Waals surface area contributed by atoms with E-state index in [4.69, 9.17) is 10.00 Å². The molecule has 174 valence electrons. The summed E-state index contributed by atoms with van der Waals surface area (Å²) in [4.78, 5) is -0.657. The molecular formula is C21H18F3N3O5S. The molecule has 33 heavy (non-hydrogen) atoms. The molecular weight excluding hydrogens is 463 g/mol. The lowest BCUT2D eigenvalue weighted by molar-refractivity contribution is -0.137. The number of ether oxygens (including phenoxy) is 1. The summed E-state index contributed by atoms with van der Waals surface area (Å²) in [7, 11) is -4.52. The lowest BCUT2D eigenvalue weighted by Gasteiger charge is -2.27. The van der Waals surface area contributed by atoms with Gasteiger partial charge in [-0.05, 0) is 35.9 Å². The van der Waals surface area contributed by atoms with E-state index < -0.39 is 63.6 Å². The maximum absolute atomic E-state index is 13.1. The van der Waals surface area contributed by atoms with Crippen LogP contribution < -0.4 is 4.74 Å². The molecule has 1 unspecified atom stereocenters. The molecule has 1 heterocycles. The van der Waals surface area contributed by atoms with Crippen LogP contribution in [0.1, 0.15) is 16.7 Å². The molecule has 2 aromatic carbocycles. The van der Waals surface area contributed by atoms with Gasteiger partial charge in [0.1, 0.15) is 23.5 Å². The molecule has 0 aromatic heterocycles. The normalized spacial score (nSPS) is 21.4. The molecule has 1 fully saturated rings. The van der Waals surface area contributed by atoms with Crippen LogP contribution >= 0.6 is 0 Å². The Kier molecular flexibility index (Phi) is 6.68. The van der Waals surface area contributed by atoms with Gasteiger partial charge in [0, 0.05) is 6.54 Å². The molecule has 2 N–H and O–H groups in total. The number of rotatable bonds is 6. The molecule has 2 atom stereocenters. The molecule has 0 amide bonds. The Balaban J connectivity index is 1.92. The third-order valence-electron chi connectivity index (χ3n) is 5.20. The summed E-state index contributed by atoms with van der Waals surface area (Å²) in [6, 6.07) is 11.5. The van der Waals surface area contributed by atoms with E-state index in [1.54, 1.807) is 12.1 Å². The van der Waals surface area contributed by atoms with Crippen LogP contribution in [-0.2, 0) is 22.6 Å². The van der Waals surface area contributed by atoms with Crippen LogP contribution in [0.3, 0.4) is 0 Å². The predicted octanol–water partition coefficient (Wildman–Crippen LogP) is 1.82. The second-order valence-electron chi connectivity index (χ2n) is 7.47. The lowest BCUT2D eigenvalue weighted by atomic mass is 10.0. The van der Waals surface area contributed by atoms with E-state index in [2.05, 4.69) is 0 Å². The summed E-state index contributed by atoms with van der Waals surface area (Å²) in [6.45, 7) is -1.91. The van der Waals surface area contributed by atoms with Crippen molar-refractivity contribution in [2.75, 3.05) is 19.7 Å². The molecule has 8 nitrogen and oxygen atoms in total. The van der Waals surface area contributed by atoms with E-state index in [9.17, 15) is 37.1 Å². The van der Waals surface area contributed by atoms with Crippen molar-refractivity contribution in [3.63, 3.8) is 0 Å². The second-order valence-corrected chi connectivity index (χ2v) is 9.37. The fraction of sp³-hybridized carbons (Fsp3) is 0.333.